The lowest BCUT2D eigenvalue weighted by Gasteiger charge is -2.24. The molecule has 0 aliphatic carbocycles. The topological polar surface area (TPSA) is 95.9 Å². The molecule has 1 amide bonds. The molecule has 3 atom stereocenters. The SMILES string of the molecule is CCCCC/C=C\C/C=C\CCCCCCCCCC(=O)OC(CCCCCCCCCCCCC)CC(=O)NC(CO)C(O)CCCCCCCCCCCCCC. The Labute approximate surface area is 367 Å². The Morgan fingerprint density at radius 1 is 0.492 bits per heavy atom. The molecule has 0 heterocycles. The van der Waals surface area contributed by atoms with Crippen LogP contribution in [0.3, 0.4) is 0 Å². The van der Waals surface area contributed by atoms with Crippen molar-refractivity contribution in [3.05, 3.63) is 24.3 Å². The molecule has 6 nitrogen and oxygen atoms in total. The molecule has 0 fully saturated rings. The molecule has 3 N–H and O–H groups in total. The minimum absolute atomic E-state index is 0.0796. The maximum Gasteiger partial charge on any atom is 0.306 e. The summed E-state index contributed by atoms with van der Waals surface area (Å²) in [5.41, 5.74) is 0. The molecule has 0 saturated heterocycles. The van der Waals surface area contributed by atoms with Crippen molar-refractivity contribution < 1.29 is 24.5 Å². The Bertz CT molecular complexity index is 935. The average molecular weight is 832 g/mol. The second kappa shape index (κ2) is 47.4. The van der Waals surface area contributed by atoms with Crippen LogP contribution in [0.25, 0.3) is 0 Å². The third kappa shape index (κ3) is 42.8. The first-order valence-electron chi connectivity index (χ1n) is 26.1. The lowest BCUT2D eigenvalue weighted by atomic mass is 10.0. The molecule has 0 aromatic rings. The molecule has 0 aromatic heterocycles. The molecule has 0 radical (unpaired) electrons. The quantitative estimate of drug-likeness (QED) is 0.0322. The van der Waals surface area contributed by atoms with Crippen molar-refractivity contribution in [2.24, 2.45) is 0 Å². The van der Waals surface area contributed by atoms with Gasteiger partial charge >= 0.3 is 5.97 Å². The molecule has 0 bridgehead atoms. The van der Waals surface area contributed by atoms with Crippen molar-refractivity contribution in [2.45, 2.75) is 296 Å². The highest BCUT2D eigenvalue weighted by Gasteiger charge is 2.24. The van der Waals surface area contributed by atoms with Gasteiger partial charge in [0.1, 0.15) is 6.10 Å². The van der Waals surface area contributed by atoms with E-state index in [-0.39, 0.29) is 24.9 Å². The maximum atomic E-state index is 13.2. The number of ether oxygens (including phenoxy) is 1. The van der Waals surface area contributed by atoms with Crippen molar-refractivity contribution in [1.82, 2.24) is 5.32 Å². The van der Waals surface area contributed by atoms with E-state index < -0.39 is 18.2 Å². The number of esters is 1. The summed E-state index contributed by atoms with van der Waals surface area (Å²) in [4.78, 5) is 26.1. The van der Waals surface area contributed by atoms with Gasteiger partial charge in [0.25, 0.3) is 0 Å². The second-order valence-corrected chi connectivity index (χ2v) is 17.9. The number of hydrogen-bond acceptors (Lipinski definition) is 5. The van der Waals surface area contributed by atoms with E-state index in [1.54, 1.807) is 0 Å². The highest BCUT2D eigenvalue weighted by Crippen LogP contribution is 2.18. The van der Waals surface area contributed by atoms with E-state index in [2.05, 4.69) is 50.4 Å². The number of carbonyl (C=O) groups excluding carboxylic acids is 2. The van der Waals surface area contributed by atoms with E-state index in [0.29, 0.717) is 19.3 Å². The Morgan fingerprint density at radius 3 is 1.32 bits per heavy atom. The van der Waals surface area contributed by atoms with Gasteiger partial charge in [0.05, 0.1) is 25.2 Å². The zero-order valence-corrected chi connectivity index (χ0v) is 39.7. The number of rotatable bonds is 47. The maximum absolute atomic E-state index is 13.2. The lowest BCUT2D eigenvalue weighted by molar-refractivity contribution is -0.151. The zero-order valence-electron chi connectivity index (χ0n) is 39.7. The fraction of sp³-hybridized carbons (Fsp3) is 0.887. The van der Waals surface area contributed by atoms with Gasteiger partial charge in [-0.15, -0.1) is 0 Å². The van der Waals surface area contributed by atoms with Crippen LogP contribution in [0.2, 0.25) is 0 Å². The first-order valence-corrected chi connectivity index (χ1v) is 26.1. The number of amides is 1. The fourth-order valence-corrected chi connectivity index (χ4v) is 8.05. The van der Waals surface area contributed by atoms with Crippen LogP contribution in [-0.2, 0) is 14.3 Å². The van der Waals surface area contributed by atoms with E-state index in [4.69, 9.17) is 4.74 Å². The summed E-state index contributed by atoms with van der Waals surface area (Å²) in [5, 5.41) is 23.7. The van der Waals surface area contributed by atoms with Gasteiger partial charge in [-0.25, -0.2) is 0 Å². The molecular weight excluding hydrogens is 731 g/mol. The van der Waals surface area contributed by atoms with Crippen molar-refractivity contribution >= 4 is 11.9 Å². The third-order valence-corrected chi connectivity index (χ3v) is 12.0. The minimum atomic E-state index is -0.783. The van der Waals surface area contributed by atoms with Gasteiger partial charge in [-0.1, -0.05) is 231 Å². The van der Waals surface area contributed by atoms with Crippen molar-refractivity contribution in [1.29, 1.82) is 0 Å². The van der Waals surface area contributed by atoms with Crippen LogP contribution in [-0.4, -0.2) is 46.9 Å². The predicted molar refractivity (Wildman–Crippen MR) is 255 cm³/mol. The van der Waals surface area contributed by atoms with E-state index in [9.17, 15) is 19.8 Å². The number of hydrogen-bond donors (Lipinski definition) is 3. The second-order valence-electron chi connectivity index (χ2n) is 17.9. The van der Waals surface area contributed by atoms with Gasteiger partial charge in [0.2, 0.25) is 5.91 Å². The number of unbranched alkanes of at least 4 members (excludes halogenated alkanes) is 31. The predicted octanol–water partition coefficient (Wildman–Crippen LogP) is 15.5. The van der Waals surface area contributed by atoms with E-state index in [1.165, 1.54) is 173 Å². The van der Waals surface area contributed by atoms with Crippen molar-refractivity contribution in [3.63, 3.8) is 0 Å². The summed E-state index contributed by atoms with van der Waals surface area (Å²) in [7, 11) is 0. The van der Waals surface area contributed by atoms with Gasteiger partial charge in [-0.2, -0.15) is 0 Å². The van der Waals surface area contributed by atoms with Crippen LogP contribution >= 0.6 is 0 Å². The van der Waals surface area contributed by atoms with Crippen molar-refractivity contribution in [3.8, 4) is 0 Å². The molecule has 0 spiro atoms. The van der Waals surface area contributed by atoms with Crippen LogP contribution in [0, 0.1) is 0 Å². The summed E-state index contributed by atoms with van der Waals surface area (Å²) in [5.74, 6) is -0.469. The Kier molecular flexibility index (Phi) is 46.1. The largest absolute Gasteiger partial charge is 0.462 e. The molecule has 0 rings (SSSR count). The summed E-state index contributed by atoms with van der Waals surface area (Å²) in [6, 6.07) is -0.697. The molecule has 0 saturated carbocycles. The highest BCUT2D eigenvalue weighted by molar-refractivity contribution is 5.77. The Morgan fingerprint density at radius 2 is 0.864 bits per heavy atom. The van der Waals surface area contributed by atoms with Gasteiger partial charge in [0, 0.05) is 6.42 Å². The van der Waals surface area contributed by atoms with E-state index in [1.807, 2.05) is 0 Å². The van der Waals surface area contributed by atoms with Gasteiger partial charge in [0.15, 0.2) is 0 Å². The molecular formula is C53H101NO5. The van der Waals surface area contributed by atoms with Crippen LogP contribution in [0.4, 0.5) is 0 Å². The smallest absolute Gasteiger partial charge is 0.306 e. The lowest BCUT2D eigenvalue weighted by Crippen LogP contribution is -2.46. The molecule has 3 unspecified atom stereocenters. The molecule has 6 heteroatoms. The summed E-state index contributed by atoms with van der Waals surface area (Å²) in [6.07, 6.45) is 53.8. The molecule has 0 aromatic carbocycles. The van der Waals surface area contributed by atoms with Gasteiger partial charge in [-0.3, -0.25) is 9.59 Å². The van der Waals surface area contributed by atoms with Crippen LogP contribution < -0.4 is 5.32 Å². The Balaban J connectivity index is 4.50. The zero-order chi connectivity index (χ0) is 43.1. The molecule has 348 valence electrons. The number of aliphatic hydroxyl groups is 2. The average Bonchev–Trinajstić information content (AvgIpc) is 3.23. The van der Waals surface area contributed by atoms with Gasteiger partial charge in [-0.05, 0) is 57.8 Å². The first-order chi connectivity index (χ1) is 29.0. The van der Waals surface area contributed by atoms with Crippen LogP contribution in [0.1, 0.15) is 278 Å². The summed E-state index contributed by atoms with van der Waals surface area (Å²) < 4.78 is 5.93. The standard InChI is InChI=1S/C53H101NO5/c1-4-7-10-13-16-19-22-24-25-26-27-28-31-34-37-40-43-46-53(58)59-49(44-41-38-35-32-29-21-18-15-12-9-6-3)47-52(57)54-50(48-55)51(56)45-42-39-36-33-30-23-20-17-14-11-8-5-2/h16,19,24-25,49-51,55-56H,4-15,17-18,20-23,26-48H2,1-3H3,(H,54,57)/b19-16-,25-24-. The first kappa shape index (κ1) is 57.3. The number of carbonyl (C=O) groups is 2. The molecule has 0 aliphatic heterocycles. The summed E-state index contributed by atoms with van der Waals surface area (Å²) >= 11 is 0. The highest BCUT2D eigenvalue weighted by atomic mass is 16.5. The third-order valence-electron chi connectivity index (χ3n) is 12.0. The monoisotopic (exact) mass is 832 g/mol. The van der Waals surface area contributed by atoms with Gasteiger partial charge < -0.3 is 20.3 Å². The number of nitrogens with one attached hydrogen (secondary N) is 1. The molecule has 0 aliphatic rings. The van der Waals surface area contributed by atoms with E-state index >= 15 is 0 Å². The normalized spacial score (nSPS) is 13.4. The molecule has 59 heavy (non-hydrogen) atoms. The van der Waals surface area contributed by atoms with Crippen LogP contribution in [0.15, 0.2) is 24.3 Å². The van der Waals surface area contributed by atoms with Crippen molar-refractivity contribution in [2.75, 3.05) is 6.61 Å². The Hall–Kier alpha value is -1.66. The number of aliphatic hydroxyl groups excluding tert-OH is 2. The van der Waals surface area contributed by atoms with E-state index in [0.717, 1.165) is 57.8 Å². The minimum Gasteiger partial charge on any atom is -0.462 e. The fourth-order valence-electron chi connectivity index (χ4n) is 8.05. The van der Waals surface area contributed by atoms with Crippen LogP contribution in [0.5, 0.6) is 0 Å². The summed E-state index contributed by atoms with van der Waals surface area (Å²) in [6.45, 7) is 6.46. The number of allylic oxidation sites excluding steroid dienone is 4.